The van der Waals surface area contributed by atoms with E-state index in [9.17, 15) is 4.79 Å². The summed E-state index contributed by atoms with van der Waals surface area (Å²) in [4.78, 5) is 14.3. The van der Waals surface area contributed by atoms with Crippen molar-refractivity contribution >= 4 is 11.6 Å². The molecule has 8 nitrogen and oxygen atoms in total. The molecule has 2 aliphatic rings. The average molecular weight is 337 g/mol. The zero-order valence-electron chi connectivity index (χ0n) is 13.8. The van der Waals surface area contributed by atoms with Crippen LogP contribution in [0.2, 0.25) is 0 Å². The third kappa shape index (κ3) is 2.57. The van der Waals surface area contributed by atoms with Gasteiger partial charge < -0.3 is 4.90 Å². The summed E-state index contributed by atoms with van der Waals surface area (Å²) < 4.78 is 1.91. The summed E-state index contributed by atoms with van der Waals surface area (Å²) in [6, 6.07) is 4.08. The van der Waals surface area contributed by atoms with Gasteiger partial charge in [0, 0.05) is 31.1 Å². The molecule has 1 saturated heterocycles. The molecular formula is C17H19N7O. The molecule has 1 aliphatic carbocycles. The van der Waals surface area contributed by atoms with E-state index >= 15 is 0 Å². The van der Waals surface area contributed by atoms with E-state index in [2.05, 4.69) is 26.5 Å². The molecule has 0 aromatic carbocycles. The van der Waals surface area contributed by atoms with Crippen molar-refractivity contribution in [3.8, 4) is 0 Å². The fourth-order valence-corrected chi connectivity index (χ4v) is 3.56. The van der Waals surface area contributed by atoms with E-state index in [0.29, 0.717) is 24.6 Å². The standard InChI is InChI=1S/C17H19N7O/c25-17(13-9-18-19-10-13)23-7-5-12(6-8-23)16-21-20-15-4-3-14(11-1-2-11)22-24(15)16/h3-4,9-12H,1-2,5-8H2,(H,18,19). The molecule has 0 atom stereocenters. The van der Waals surface area contributed by atoms with Crippen LogP contribution in [0, 0.1) is 0 Å². The Labute approximate surface area is 144 Å². The average Bonchev–Trinajstić information content (AvgIpc) is 3.20. The normalized spacial score (nSPS) is 18.8. The summed E-state index contributed by atoms with van der Waals surface area (Å²) in [5.74, 6) is 1.85. The van der Waals surface area contributed by atoms with Crippen molar-refractivity contribution in [1.29, 1.82) is 0 Å². The molecule has 8 heteroatoms. The second-order valence-electron chi connectivity index (χ2n) is 6.91. The number of H-pyrrole nitrogens is 1. The monoisotopic (exact) mass is 337 g/mol. The Hall–Kier alpha value is -2.77. The number of nitrogens with zero attached hydrogens (tertiary/aromatic N) is 6. The number of carbonyl (C=O) groups excluding carboxylic acids is 1. The van der Waals surface area contributed by atoms with Gasteiger partial charge in [-0.3, -0.25) is 9.89 Å². The Bertz CT molecular complexity index is 904. The third-order valence-electron chi connectivity index (χ3n) is 5.20. The maximum absolute atomic E-state index is 12.4. The zero-order chi connectivity index (χ0) is 16.8. The number of aromatic nitrogens is 6. The zero-order valence-corrected chi connectivity index (χ0v) is 13.8. The lowest BCUT2D eigenvalue weighted by molar-refractivity contribution is 0.0710. The highest BCUT2D eigenvalue weighted by atomic mass is 16.2. The molecule has 4 heterocycles. The quantitative estimate of drug-likeness (QED) is 0.786. The fourth-order valence-electron chi connectivity index (χ4n) is 3.56. The number of piperidine rings is 1. The number of carbonyl (C=O) groups is 1. The second kappa shape index (κ2) is 5.65. The molecule has 0 bridgehead atoms. The molecule has 1 saturated carbocycles. The van der Waals surface area contributed by atoms with Crippen LogP contribution in [0.3, 0.4) is 0 Å². The molecule has 0 radical (unpaired) electrons. The van der Waals surface area contributed by atoms with Crippen molar-refractivity contribution in [1.82, 2.24) is 34.9 Å². The number of likely N-dealkylation sites (tertiary alicyclic amines) is 1. The van der Waals surface area contributed by atoms with Gasteiger partial charge in [-0.15, -0.1) is 10.2 Å². The Balaban J connectivity index is 1.34. The van der Waals surface area contributed by atoms with Crippen LogP contribution in [0.15, 0.2) is 24.5 Å². The molecule has 1 aliphatic heterocycles. The second-order valence-corrected chi connectivity index (χ2v) is 6.91. The van der Waals surface area contributed by atoms with E-state index in [1.165, 1.54) is 12.8 Å². The Morgan fingerprint density at radius 1 is 1.08 bits per heavy atom. The Kier molecular flexibility index (Phi) is 3.29. The summed E-state index contributed by atoms with van der Waals surface area (Å²) in [7, 11) is 0. The molecule has 5 rings (SSSR count). The van der Waals surface area contributed by atoms with Crippen LogP contribution in [0.4, 0.5) is 0 Å². The van der Waals surface area contributed by atoms with Crippen molar-refractivity contribution < 1.29 is 4.79 Å². The number of hydrogen-bond donors (Lipinski definition) is 1. The highest BCUT2D eigenvalue weighted by molar-refractivity contribution is 5.93. The van der Waals surface area contributed by atoms with Gasteiger partial charge >= 0.3 is 0 Å². The molecule has 1 amide bonds. The van der Waals surface area contributed by atoms with E-state index < -0.39 is 0 Å². The highest BCUT2D eigenvalue weighted by Gasteiger charge is 2.29. The van der Waals surface area contributed by atoms with Gasteiger partial charge in [0.15, 0.2) is 11.5 Å². The molecular weight excluding hydrogens is 318 g/mol. The molecule has 0 spiro atoms. The third-order valence-corrected chi connectivity index (χ3v) is 5.20. The maximum Gasteiger partial charge on any atom is 0.257 e. The van der Waals surface area contributed by atoms with Crippen molar-refractivity contribution in [2.75, 3.05) is 13.1 Å². The molecule has 25 heavy (non-hydrogen) atoms. The number of amides is 1. The topological polar surface area (TPSA) is 92.1 Å². The van der Waals surface area contributed by atoms with Gasteiger partial charge in [0.25, 0.3) is 5.91 Å². The Morgan fingerprint density at radius 2 is 1.92 bits per heavy atom. The lowest BCUT2D eigenvalue weighted by Gasteiger charge is -2.30. The van der Waals surface area contributed by atoms with Crippen LogP contribution in [-0.2, 0) is 0 Å². The minimum absolute atomic E-state index is 0.0347. The van der Waals surface area contributed by atoms with Crippen molar-refractivity contribution in [3.05, 3.63) is 41.6 Å². The minimum atomic E-state index is 0.0347. The predicted molar refractivity (Wildman–Crippen MR) is 89.2 cm³/mol. The van der Waals surface area contributed by atoms with Gasteiger partial charge in [-0.05, 0) is 37.8 Å². The number of fused-ring (bicyclic) bond motifs is 1. The maximum atomic E-state index is 12.4. The SMILES string of the molecule is O=C(c1cn[nH]c1)N1CCC(c2nnc3ccc(C4CC4)nn23)CC1. The first-order valence-electron chi connectivity index (χ1n) is 8.80. The number of aromatic amines is 1. The molecule has 2 fully saturated rings. The van der Waals surface area contributed by atoms with E-state index in [1.54, 1.807) is 12.4 Å². The van der Waals surface area contributed by atoms with Crippen LogP contribution < -0.4 is 0 Å². The summed E-state index contributed by atoms with van der Waals surface area (Å²) in [5.41, 5.74) is 2.56. The first kappa shape index (κ1) is 14.6. The summed E-state index contributed by atoms with van der Waals surface area (Å²) in [6.45, 7) is 1.43. The number of rotatable bonds is 3. The largest absolute Gasteiger partial charge is 0.339 e. The van der Waals surface area contributed by atoms with Gasteiger partial charge in [-0.2, -0.15) is 14.7 Å². The van der Waals surface area contributed by atoms with Crippen LogP contribution >= 0.6 is 0 Å². The summed E-state index contributed by atoms with van der Waals surface area (Å²) >= 11 is 0. The van der Waals surface area contributed by atoms with Crippen LogP contribution in [0.25, 0.3) is 5.65 Å². The van der Waals surface area contributed by atoms with Crippen molar-refractivity contribution in [2.45, 2.75) is 37.5 Å². The van der Waals surface area contributed by atoms with Crippen LogP contribution in [0.1, 0.15) is 59.4 Å². The van der Waals surface area contributed by atoms with Gasteiger partial charge in [-0.25, -0.2) is 0 Å². The van der Waals surface area contributed by atoms with E-state index in [1.807, 2.05) is 15.5 Å². The molecule has 3 aromatic rings. The van der Waals surface area contributed by atoms with Gasteiger partial charge in [0.05, 0.1) is 17.5 Å². The van der Waals surface area contributed by atoms with Crippen LogP contribution in [-0.4, -0.2) is 53.9 Å². The first-order valence-corrected chi connectivity index (χ1v) is 8.80. The van der Waals surface area contributed by atoms with E-state index in [-0.39, 0.29) is 11.8 Å². The predicted octanol–water partition coefficient (Wildman–Crippen LogP) is 1.74. The van der Waals surface area contributed by atoms with Gasteiger partial charge in [-0.1, -0.05) is 0 Å². The molecule has 128 valence electrons. The lowest BCUT2D eigenvalue weighted by atomic mass is 9.96. The molecule has 1 N–H and O–H groups in total. The number of hydrogen-bond acceptors (Lipinski definition) is 5. The Morgan fingerprint density at radius 3 is 2.64 bits per heavy atom. The van der Waals surface area contributed by atoms with E-state index in [0.717, 1.165) is 30.0 Å². The van der Waals surface area contributed by atoms with E-state index in [4.69, 9.17) is 5.10 Å². The fraction of sp³-hybridized carbons (Fsp3) is 0.471. The smallest absolute Gasteiger partial charge is 0.257 e. The van der Waals surface area contributed by atoms with Gasteiger partial charge in [0.2, 0.25) is 0 Å². The van der Waals surface area contributed by atoms with Crippen LogP contribution in [0.5, 0.6) is 0 Å². The lowest BCUT2D eigenvalue weighted by Crippen LogP contribution is -2.38. The number of nitrogens with one attached hydrogen (secondary N) is 1. The summed E-state index contributed by atoms with van der Waals surface area (Å²) in [5, 5.41) is 20.0. The van der Waals surface area contributed by atoms with Crippen molar-refractivity contribution in [2.24, 2.45) is 0 Å². The van der Waals surface area contributed by atoms with Gasteiger partial charge in [0.1, 0.15) is 0 Å². The summed E-state index contributed by atoms with van der Waals surface area (Å²) in [6.07, 6.45) is 7.42. The first-order chi connectivity index (χ1) is 12.3. The highest BCUT2D eigenvalue weighted by Crippen LogP contribution is 2.39. The molecule has 3 aromatic heterocycles. The van der Waals surface area contributed by atoms with Crippen molar-refractivity contribution in [3.63, 3.8) is 0 Å². The minimum Gasteiger partial charge on any atom is -0.339 e. The molecule has 0 unspecified atom stereocenters.